The van der Waals surface area contributed by atoms with Crippen LogP contribution in [0.2, 0.25) is 0 Å². The molecular weight excluding hydrogens is 254 g/mol. The molecule has 0 aromatic heterocycles. The van der Waals surface area contributed by atoms with Gasteiger partial charge in [0.25, 0.3) is 0 Å². The first-order valence-corrected chi connectivity index (χ1v) is 7.22. The molecule has 0 bridgehead atoms. The number of para-hydroxylation sites is 1. The van der Waals surface area contributed by atoms with Crippen LogP contribution in [0.4, 0.5) is 5.69 Å². The molecule has 0 aliphatic carbocycles. The fourth-order valence-electron chi connectivity index (χ4n) is 2.36. The maximum Gasteiger partial charge on any atom is 0.316 e. The van der Waals surface area contributed by atoms with Crippen LogP contribution in [0.1, 0.15) is 17.2 Å². The predicted molar refractivity (Wildman–Crippen MR) is 79.1 cm³/mol. The first-order valence-electron chi connectivity index (χ1n) is 6.34. The van der Waals surface area contributed by atoms with Gasteiger partial charge in [0.2, 0.25) is 0 Å². The summed E-state index contributed by atoms with van der Waals surface area (Å²) in [5.41, 5.74) is 2.29. The summed E-state index contributed by atoms with van der Waals surface area (Å²) in [7, 11) is 0. The topological polar surface area (TPSA) is 20.3 Å². The van der Waals surface area contributed by atoms with Gasteiger partial charge in [0.1, 0.15) is 0 Å². The Kier molecular flexibility index (Phi) is 3.56. The Morgan fingerprint density at radius 2 is 1.79 bits per heavy atom. The maximum absolute atomic E-state index is 11.1. The third-order valence-electron chi connectivity index (χ3n) is 3.32. The SMILES string of the molecule is O=[C]N1CCC(c2ccccc2)Sc2ccccc21. The molecule has 1 aliphatic rings. The Morgan fingerprint density at radius 1 is 1.05 bits per heavy atom. The van der Waals surface area contributed by atoms with Crippen molar-refractivity contribution >= 4 is 23.9 Å². The minimum Gasteiger partial charge on any atom is -0.303 e. The van der Waals surface area contributed by atoms with Gasteiger partial charge in [-0.2, -0.15) is 0 Å². The Bertz CT molecular complexity index is 570. The highest BCUT2D eigenvalue weighted by Crippen LogP contribution is 2.44. The van der Waals surface area contributed by atoms with Gasteiger partial charge in [-0.05, 0) is 24.1 Å². The molecule has 1 aliphatic heterocycles. The normalized spacial score (nSPS) is 18.5. The van der Waals surface area contributed by atoms with E-state index in [-0.39, 0.29) is 0 Å². The fraction of sp³-hybridized carbons (Fsp3) is 0.188. The van der Waals surface area contributed by atoms with Gasteiger partial charge < -0.3 is 4.90 Å². The fourth-order valence-corrected chi connectivity index (χ4v) is 3.64. The number of benzene rings is 2. The molecule has 0 saturated heterocycles. The van der Waals surface area contributed by atoms with Crippen LogP contribution in [0.25, 0.3) is 0 Å². The van der Waals surface area contributed by atoms with Crippen molar-refractivity contribution < 1.29 is 4.79 Å². The van der Waals surface area contributed by atoms with Gasteiger partial charge in [-0.3, -0.25) is 4.79 Å². The Morgan fingerprint density at radius 3 is 2.58 bits per heavy atom. The van der Waals surface area contributed by atoms with Crippen LogP contribution < -0.4 is 4.90 Å². The molecule has 0 fully saturated rings. The summed E-state index contributed by atoms with van der Waals surface area (Å²) in [5, 5.41) is 0.390. The zero-order chi connectivity index (χ0) is 13.1. The summed E-state index contributed by atoms with van der Waals surface area (Å²) >= 11 is 1.83. The Balaban J connectivity index is 1.96. The van der Waals surface area contributed by atoms with Crippen LogP contribution >= 0.6 is 11.8 Å². The second-order valence-corrected chi connectivity index (χ2v) is 5.76. The van der Waals surface area contributed by atoms with Crippen molar-refractivity contribution in [3.63, 3.8) is 0 Å². The highest BCUT2D eigenvalue weighted by atomic mass is 32.2. The molecule has 1 radical (unpaired) electrons. The van der Waals surface area contributed by atoms with E-state index in [0.29, 0.717) is 11.8 Å². The summed E-state index contributed by atoms with van der Waals surface area (Å²) in [4.78, 5) is 13.9. The van der Waals surface area contributed by atoms with E-state index in [1.165, 1.54) is 5.56 Å². The van der Waals surface area contributed by atoms with Crippen LogP contribution in [-0.2, 0) is 4.79 Å². The number of thioether (sulfide) groups is 1. The number of amides is 1. The van der Waals surface area contributed by atoms with Crippen molar-refractivity contribution in [2.75, 3.05) is 11.4 Å². The molecule has 1 unspecified atom stereocenters. The van der Waals surface area contributed by atoms with Crippen molar-refractivity contribution in [2.24, 2.45) is 0 Å². The van der Waals surface area contributed by atoms with Gasteiger partial charge in [0.05, 0.1) is 5.69 Å². The zero-order valence-electron chi connectivity index (χ0n) is 10.5. The van der Waals surface area contributed by atoms with Crippen LogP contribution in [0.5, 0.6) is 0 Å². The Hall–Kier alpha value is -1.74. The summed E-state index contributed by atoms with van der Waals surface area (Å²) in [6, 6.07) is 18.5. The van der Waals surface area contributed by atoms with Crippen LogP contribution in [0, 0.1) is 0 Å². The van der Waals surface area contributed by atoms with Gasteiger partial charge in [-0.25, -0.2) is 0 Å². The molecule has 95 valence electrons. The molecule has 1 heterocycles. The van der Waals surface area contributed by atoms with E-state index in [9.17, 15) is 4.79 Å². The highest BCUT2D eigenvalue weighted by Gasteiger charge is 2.22. The van der Waals surface area contributed by atoms with Crippen molar-refractivity contribution in [2.45, 2.75) is 16.6 Å². The molecule has 1 amide bonds. The summed E-state index contributed by atoms with van der Waals surface area (Å²) < 4.78 is 0. The molecule has 0 N–H and O–H groups in total. The molecule has 2 aromatic carbocycles. The number of hydrogen-bond donors (Lipinski definition) is 0. The first-order chi connectivity index (χ1) is 9.38. The predicted octanol–water partition coefficient (Wildman–Crippen LogP) is 3.80. The van der Waals surface area contributed by atoms with E-state index < -0.39 is 0 Å². The molecule has 1 atom stereocenters. The molecule has 0 spiro atoms. The molecule has 0 saturated carbocycles. The minimum atomic E-state index is 0.390. The summed E-state index contributed by atoms with van der Waals surface area (Å²) in [6.07, 6.45) is 2.99. The van der Waals surface area contributed by atoms with Crippen LogP contribution in [0.15, 0.2) is 59.5 Å². The molecule has 2 nitrogen and oxygen atoms in total. The monoisotopic (exact) mass is 268 g/mol. The van der Waals surface area contributed by atoms with Gasteiger partial charge in [-0.15, -0.1) is 11.8 Å². The van der Waals surface area contributed by atoms with E-state index in [1.54, 1.807) is 4.90 Å². The smallest absolute Gasteiger partial charge is 0.303 e. The number of rotatable bonds is 2. The number of hydrogen-bond acceptors (Lipinski definition) is 2. The van der Waals surface area contributed by atoms with E-state index in [1.807, 2.05) is 42.4 Å². The minimum absolute atomic E-state index is 0.390. The maximum atomic E-state index is 11.1. The standard InChI is InChI=1S/C16H14NOS/c18-12-17-11-10-15(13-6-2-1-3-7-13)19-16-9-5-4-8-14(16)17/h1-9,15H,10-11H2. The van der Waals surface area contributed by atoms with Crippen LogP contribution in [-0.4, -0.2) is 13.0 Å². The second kappa shape index (κ2) is 5.49. The molecular formula is C16H14NOS. The van der Waals surface area contributed by atoms with E-state index >= 15 is 0 Å². The largest absolute Gasteiger partial charge is 0.316 e. The zero-order valence-corrected chi connectivity index (χ0v) is 11.3. The number of nitrogens with zero attached hydrogens (tertiary/aromatic N) is 1. The van der Waals surface area contributed by atoms with Gasteiger partial charge in [-0.1, -0.05) is 42.5 Å². The lowest BCUT2D eigenvalue weighted by atomic mass is 10.1. The number of anilines is 1. The average molecular weight is 268 g/mol. The average Bonchev–Trinajstić information content (AvgIpc) is 2.67. The molecule has 3 rings (SSSR count). The van der Waals surface area contributed by atoms with Crippen LogP contribution in [0.3, 0.4) is 0 Å². The lowest BCUT2D eigenvalue weighted by Gasteiger charge is -2.15. The molecule has 3 heteroatoms. The third kappa shape index (κ3) is 2.51. The van der Waals surface area contributed by atoms with Crippen molar-refractivity contribution in [1.29, 1.82) is 0 Å². The van der Waals surface area contributed by atoms with E-state index in [4.69, 9.17) is 0 Å². The number of fused-ring (bicyclic) bond motifs is 1. The van der Waals surface area contributed by atoms with Crippen molar-refractivity contribution in [1.82, 2.24) is 0 Å². The summed E-state index contributed by atoms with van der Waals surface area (Å²) in [5.74, 6) is 0. The van der Waals surface area contributed by atoms with E-state index in [2.05, 4.69) is 30.3 Å². The second-order valence-electron chi connectivity index (χ2n) is 4.52. The van der Waals surface area contributed by atoms with Crippen molar-refractivity contribution in [3.8, 4) is 0 Å². The van der Waals surface area contributed by atoms with Gasteiger partial charge >= 0.3 is 6.41 Å². The lowest BCUT2D eigenvalue weighted by molar-refractivity contribution is 0.550. The highest BCUT2D eigenvalue weighted by molar-refractivity contribution is 7.99. The molecule has 19 heavy (non-hydrogen) atoms. The number of carbonyl (C=O) groups excluding carboxylic acids is 1. The Labute approximate surface area is 117 Å². The van der Waals surface area contributed by atoms with Gasteiger partial charge in [0, 0.05) is 16.7 Å². The van der Waals surface area contributed by atoms with E-state index in [0.717, 1.165) is 17.0 Å². The lowest BCUT2D eigenvalue weighted by Crippen LogP contribution is -2.22. The van der Waals surface area contributed by atoms with Crippen molar-refractivity contribution in [3.05, 3.63) is 60.2 Å². The quantitative estimate of drug-likeness (QED) is 0.825. The molecule has 2 aromatic rings. The van der Waals surface area contributed by atoms with Gasteiger partial charge in [0.15, 0.2) is 0 Å². The third-order valence-corrected chi connectivity index (χ3v) is 4.71. The first kappa shape index (κ1) is 12.3. The summed E-state index contributed by atoms with van der Waals surface area (Å²) in [6.45, 7) is 0.715.